The number of amides is 1. The second-order valence-electron chi connectivity index (χ2n) is 3.24. The molecule has 0 saturated carbocycles. The highest BCUT2D eigenvalue weighted by atomic mass is 32.2. The SMILES string of the molecule is CSc1ccc(C(=O)NCc2nn[nH]n2)cc1. The quantitative estimate of drug-likeness (QED) is 0.785. The van der Waals surface area contributed by atoms with Crippen LogP contribution < -0.4 is 5.32 Å². The molecule has 88 valence electrons. The summed E-state index contributed by atoms with van der Waals surface area (Å²) in [6.45, 7) is 0.264. The van der Waals surface area contributed by atoms with Gasteiger partial charge in [-0.2, -0.15) is 5.21 Å². The molecule has 0 unspecified atom stereocenters. The average molecular weight is 249 g/mol. The number of tetrazole rings is 1. The Bertz CT molecular complexity index is 482. The van der Waals surface area contributed by atoms with E-state index in [1.165, 1.54) is 0 Å². The zero-order valence-electron chi connectivity index (χ0n) is 9.17. The fraction of sp³-hybridized carbons (Fsp3) is 0.200. The van der Waals surface area contributed by atoms with Crippen molar-refractivity contribution < 1.29 is 4.79 Å². The Morgan fingerprint density at radius 2 is 2.18 bits per heavy atom. The highest BCUT2D eigenvalue weighted by Gasteiger charge is 2.06. The molecule has 1 aromatic heterocycles. The summed E-state index contributed by atoms with van der Waals surface area (Å²) < 4.78 is 0. The maximum absolute atomic E-state index is 11.7. The number of H-pyrrole nitrogens is 1. The van der Waals surface area contributed by atoms with Crippen LogP contribution >= 0.6 is 11.8 Å². The largest absolute Gasteiger partial charge is 0.345 e. The van der Waals surface area contributed by atoms with Gasteiger partial charge in [0.15, 0.2) is 5.82 Å². The summed E-state index contributed by atoms with van der Waals surface area (Å²) in [5, 5.41) is 15.9. The maximum atomic E-state index is 11.7. The lowest BCUT2D eigenvalue weighted by Crippen LogP contribution is -2.23. The number of hydrogen-bond donors (Lipinski definition) is 2. The minimum Gasteiger partial charge on any atom is -0.345 e. The van der Waals surface area contributed by atoms with E-state index in [0.717, 1.165) is 4.90 Å². The lowest BCUT2D eigenvalue weighted by atomic mass is 10.2. The Morgan fingerprint density at radius 1 is 1.41 bits per heavy atom. The number of aromatic nitrogens is 4. The third-order valence-corrected chi connectivity index (χ3v) is 2.89. The van der Waals surface area contributed by atoms with Gasteiger partial charge in [-0.15, -0.1) is 22.0 Å². The molecule has 1 amide bonds. The highest BCUT2D eigenvalue weighted by molar-refractivity contribution is 7.98. The van der Waals surface area contributed by atoms with Crippen molar-refractivity contribution in [3.8, 4) is 0 Å². The van der Waals surface area contributed by atoms with Crippen LogP contribution in [-0.2, 0) is 6.54 Å². The van der Waals surface area contributed by atoms with Crippen LogP contribution in [0, 0.1) is 0 Å². The predicted molar refractivity (Wildman–Crippen MR) is 63.6 cm³/mol. The number of aromatic amines is 1. The van der Waals surface area contributed by atoms with Crippen molar-refractivity contribution in [3.63, 3.8) is 0 Å². The van der Waals surface area contributed by atoms with Crippen molar-refractivity contribution in [2.24, 2.45) is 0 Å². The minimum absolute atomic E-state index is 0.151. The van der Waals surface area contributed by atoms with Gasteiger partial charge in [-0.1, -0.05) is 5.21 Å². The van der Waals surface area contributed by atoms with Crippen molar-refractivity contribution in [3.05, 3.63) is 35.7 Å². The van der Waals surface area contributed by atoms with Crippen LogP contribution in [0.3, 0.4) is 0 Å². The van der Waals surface area contributed by atoms with Crippen molar-refractivity contribution in [2.75, 3.05) is 6.26 Å². The van der Waals surface area contributed by atoms with Gasteiger partial charge in [0.1, 0.15) is 0 Å². The molecule has 0 radical (unpaired) electrons. The van der Waals surface area contributed by atoms with Crippen LogP contribution in [0.25, 0.3) is 0 Å². The number of carbonyl (C=O) groups is 1. The van der Waals surface area contributed by atoms with Gasteiger partial charge in [-0.05, 0) is 30.5 Å². The lowest BCUT2D eigenvalue weighted by Gasteiger charge is -2.03. The Morgan fingerprint density at radius 3 is 2.76 bits per heavy atom. The number of nitrogens with zero attached hydrogens (tertiary/aromatic N) is 3. The molecule has 0 aliphatic heterocycles. The van der Waals surface area contributed by atoms with Crippen LogP contribution in [0.1, 0.15) is 16.2 Å². The van der Waals surface area contributed by atoms with E-state index in [1.54, 1.807) is 23.9 Å². The van der Waals surface area contributed by atoms with Crippen LogP contribution in [0.5, 0.6) is 0 Å². The maximum Gasteiger partial charge on any atom is 0.251 e. The molecule has 7 heteroatoms. The minimum atomic E-state index is -0.151. The van der Waals surface area contributed by atoms with Gasteiger partial charge in [0.25, 0.3) is 5.91 Å². The third-order valence-electron chi connectivity index (χ3n) is 2.15. The molecule has 0 atom stereocenters. The summed E-state index contributed by atoms with van der Waals surface area (Å²) >= 11 is 1.64. The first-order chi connectivity index (χ1) is 8.29. The highest BCUT2D eigenvalue weighted by Crippen LogP contribution is 2.14. The van der Waals surface area contributed by atoms with Gasteiger partial charge in [0, 0.05) is 10.5 Å². The molecule has 0 aliphatic carbocycles. The molecular weight excluding hydrogens is 238 g/mol. The number of nitrogens with one attached hydrogen (secondary N) is 2. The van der Waals surface area contributed by atoms with Gasteiger partial charge in [-0.25, -0.2) is 0 Å². The van der Waals surface area contributed by atoms with Gasteiger partial charge >= 0.3 is 0 Å². The zero-order chi connectivity index (χ0) is 12.1. The number of rotatable bonds is 4. The molecule has 17 heavy (non-hydrogen) atoms. The van der Waals surface area contributed by atoms with Gasteiger partial charge in [0.2, 0.25) is 0 Å². The van der Waals surface area contributed by atoms with E-state index in [1.807, 2.05) is 18.4 Å². The Hall–Kier alpha value is -1.89. The van der Waals surface area contributed by atoms with Crippen LogP contribution in [0.4, 0.5) is 0 Å². The molecule has 2 rings (SSSR count). The van der Waals surface area contributed by atoms with Crippen molar-refractivity contribution in [1.29, 1.82) is 0 Å². The molecule has 2 N–H and O–H groups in total. The standard InChI is InChI=1S/C10H11N5OS/c1-17-8-4-2-7(3-5-8)10(16)11-6-9-12-14-15-13-9/h2-5H,6H2,1H3,(H,11,16)(H,12,13,14,15). The smallest absolute Gasteiger partial charge is 0.251 e. The third kappa shape index (κ3) is 3.04. The molecule has 0 spiro atoms. The van der Waals surface area contributed by atoms with E-state index < -0.39 is 0 Å². The summed E-state index contributed by atoms with van der Waals surface area (Å²) in [7, 11) is 0. The first-order valence-electron chi connectivity index (χ1n) is 4.94. The van der Waals surface area contributed by atoms with E-state index in [2.05, 4.69) is 25.9 Å². The molecule has 2 aromatic rings. The van der Waals surface area contributed by atoms with Gasteiger partial charge in [-0.3, -0.25) is 4.79 Å². The topological polar surface area (TPSA) is 83.6 Å². The number of carbonyl (C=O) groups excluding carboxylic acids is 1. The lowest BCUT2D eigenvalue weighted by molar-refractivity contribution is 0.0950. The molecule has 1 heterocycles. The molecule has 6 nitrogen and oxygen atoms in total. The average Bonchev–Trinajstić information content (AvgIpc) is 2.89. The molecule has 0 aliphatic rings. The van der Waals surface area contributed by atoms with E-state index in [0.29, 0.717) is 11.4 Å². The van der Waals surface area contributed by atoms with E-state index >= 15 is 0 Å². The molecule has 0 fully saturated rings. The van der Waals surface area contributed by atoms with Crippen molar-refractivity contribution in [1.82, 2.24) is 25.9 Å². The fourth-order valence-electron chi connectivity index (χ4n) is 1.26. The molecule has 1 aromatic carbocycles. The number of benzene rings is 1. The van der Waals surface area contributed by atoms with Crippen LogP contribution in [0.2, 0.25) is 0 Å². The van der Waals surface area contributed by atoms with Crippen molar-refractivity contribution >= 4 is 17.7 Å². The molecular formula is C10H11N5OS. The summed E-state index contributed by atoms with van der Waals surface area (Å²) in [4.78, 5) is 12.9. The number of thioether (sulfide) groups is 1. The second kappa shape index (κ2) is 5.44. The normalized spacial score (nSPS) is 10.2. The monoisotopic (exact) mass is 249 g/mol. The van der Waals surface area contributed by atoms with E-state index in [9.17, 15) is 4.79 Å². The summed E-state index contributed by atoms with van der Waals surface area (Å²) in [5.74, 6) is 0.307. The fourth-order valence-corrected chi connectivity index (χ4v) is 1.67. The second-order valence-corrected chi connectivity index (χ2v) is 4.12. The van der Waals surface area contributed by atoms with E-state index in [4.69, 9.17) is 0 Å². The zero-order valence-corrected chi connectivity index (χ0v) is 9.99. The van der Waals surface area contributed by atoms with Crippen LogP contribution in [-0.4, -0.2) is 32.8 Å². The first kappa shape index (κ1) is 11.6. The summed E-state index contributed by atoms with van der Waals surface area (Å²) in [6, 6.07) is 7.40. The Balaban J connectivity index is 1.95. The molecule has 0 bridgehead atoms. The summed E-state index contributed by atoms with van der Waals surface area (Å²) in [6.07, 6.45) is 1.99. The Labute approximate surface area is 102 Å². The van der Waals surface area contributed by atoms with Gasteiger partial charge < -0.3 is 5.32 Å². The number of hydrogen-bond acceptors (Lipinski definition) is 5. The van der Waals surface area contributed by atoms with Crippen molar-refractivity contribution in [2.45, 2.75) is 11.4 Å². The van der Waals surface area contributed by atoms with E-state index in [-0.39, 0.29) is 12.5 Å². The van der Waals surface area contributed by atoms with Crippen LogP contribution in [0.15, 0.2) is 29.2 Å². The summed E-state index contributed by atoms with van der Waals surface area (Å²) in [5.41, 5.74) is 0.617. The van der Waals surface area contributed by atoms with Gasteiger partial charge in [0.05, 0.1) is 6.54 Å². The predicted octanol–water partition coefficient (Wildman–Crippen LogP) is 0.852. The first-order valence-corrected chi connectivity index (χ1v) is 6.16. The Kier molecular flexibility index (Phi) is 3.71. The molecule has 0 saturated heterocycles.